The van der Waals surface area contributed by atoms with E-state index < -0.39 is 0 Å². The third-order valence-corrected chi connectivity index (χ3v) is 6.19. The molecule has 5 nitrogen and oxygen atoms in total. The van der Waals surface area contributed by atoms with Gasteiger partial charge in [0.25, 0.3) is 5.91 Å². The summed E-state index contributed by atoms with van der Waals surface area (Å²) >= 11 is 6.24. The topological polar surface area (TPSA) is 65.4 Å². The molecule has 3 atom stereocenters. The Balaban J connectivity index is 1.42. The number of carbonyl (C=O) groups excluding carboxylic acids is 1. The summed E-state index contributed by atoms with van der Waals surface area (Å²) < 4.78 is 6.06. The maximum Gasteiger partial charge on any atom is 0.251 e. The van der Waals surface area contributed by atoms with Crippen molar-refractivity contribution in [1.29, 1.82) is 5.26 Å². The number of carbonyl (C=O) groups is 1. The summed E-state index contributed by atoms with van der Waals surface area (Å²) in [5.41, 5.74) is 3.34. The van der Waals surface area contributed by atoms with Crippen molar-refractivity contribution in [3.63, 3.8) is 0 Å². The average Bonchev–Trinajstić information content (AvgIpc) is 2.73. The van der Waals surface area contributed by atoms with E-state index in [1.54, 1.807) is 6.07 Å². The number of amides is 1. The highest BCUT2D eigenvalue weighted by Gasteiger charge is 2.38. The lowest BCUT2D eigenvalue weighted by Gasteiger charge is -2.47. The number of hydrogen-bond acceptors (Lipinski definition) is 4. The summed E-state index contributed by atoms with van der Waals surface area (Å²) in [6, 6.07) is 15.7. The molecule has 1 heterocycles. The first-order chi connectivity index (χ1) is 14.0. The van der Waals surface area contributed by atoms with Gasteiger partial charge in [0.1, 0.15) is 6.07 Å². The molecule has 29 heavy (non-hydrogen) atoms. The molecule has 0 unspecified atom stereocenters. The molecule has 1 aliphatic heterocycles. The highest BCUT2D eigenvalue weighted by atomic mass is 35.5. The Labute approximate surface area is 176 Å². The summed E-state index contributed by atoms with van der Waals surface area (Å²) in [6.45, 7) is 3.44. The number of ether oxygens (including phenoxy) is 1. The summed E-state index contributed by atoms with van der Waals surface area (Å²) in [7, 11) is 0. The lowest BCUT2D eigenvalue weighted by atomic mass is 9.86. The molecule has 6 heteroatoms. The molecule has 1 saturated heterocycles. The molecular formula is C23H24ClN3O2. The largest absolute Gasteiger partial charge is 0.374 e. The first-order valence-electron chi connectivity index (χ1n) is 10.0. The lowest BCUT2D eigenvalue weighted by molar-refractivity contribution is -0.0161. The van der Waals surface area contributed by atoms with Crippen molar-refractivity contribution in [3.8, 4) is 6.07 Å². The van der Waals surface area contributed by atoms with E-state index in [1.807, 2.05) is 43.3 Å². The van der Waals surface area contributed by atoms with Crippen molar-refractivity contribution in [3.05, 3.63) is 64.2 Å². The number of hydrogen-bond donors (Lipinski definition) is 1. The van der Waals surface area contributed by atoms with Crippen LogP contribution in [0.4, 0.5) is 5.69 Å². The normalized spacial score (nSPS) is 23.8. The minimum Gasteiger partial charge on any atom is -0.374 e. The van der Waals surface area contributed by atoms with Crippen molar-refractivity contribution < 1.29 is 9.53 Å². The Bertz CT molecular complexity index is 938. The van der Waals surface area contributed by atoms with Crippen LogP contribution in [0.25, 0.3) is 0 Å². The van der Waals surface area contributed by atoms with Gasteiger partial charge in [-0.3, -0.25) is 4.79 Å². The molecular weight excluding hydrogens is 386 g/mol. The number of rotatable bonds is 3. The summed E-state index contributed by atoms with van der Waals surface area (Å²) in [4.78, 5) is 14.9. The van der Waals surface area contributed by atoms with Gasteiger partial charge in [0.15, 0.2) is 0 Å². The Morgan fingerprint density at radius 3 is 2.76 bits per heavy atom. The summed E-state index contributed by atoms with van der Waals surface area (Å²) in [5.74, 6) is -0.0278. The average molecular weight is 410 g/mol. The molecule has 1 amide bonds. The van der Waals surface area contributed by atoms with Crippen LogP contribution in [0.3, 0.4) is 0 Å². The zero-order chi connectivity index (χ0) is 20.4. The van der Waals surface area contributed by atoms with E-state index in [-0.39, 0.29) is 24.1 Å². The maximum atomic E-state index is 12.6. The maximum absolute atomic E-state index is 12.6. The molecule has 1 aliphatic carbocycles. The molecule has 0 aromatic heterocycles. The molecule has 1 N–H and O–H groups in total. The molecule has 0 radical (unpaired) electrons. The van der Waals surface area contributed by atoms with Crippen LogP contribution in [-0.4, -0.2) is 37.2 Å². The van der Waals surface area contributed by atoms with Crippen molar-refractivity contribution >= 4 is 23.2 Å². The Morgan fingerprint density at radius 2 is 2.03 bits per heavy atom. The second-order valence-corrected chi connectivity index (χ2v) is 8.20. The number of anilines is 1. The number of morpholine rings is 1. The predicted molar refractivity (Wildman–Crippen MR) is 113 cm³/mol. The second kappa shape index (κ2) is 8.44. The van der Waals surface area contributed by atoms with E-state index in [9.17, 15) is 4.79 Å². The second-order valence-electron chi connectivity index (χ2n) is 7.80. The van der Waals surface area contributed by atoms with Crippen LogP contribution in [0, 0.1) is 18.3 Å². The van der Waals surface area contributed by atoms with Crippen molar-refractivity contribution in [2.24, 2.45) is 0 Å². The molecule has 2 aromatic rings. The van der Waals surface area contributed by atoms with E-state index in [4.69, 9.17) is 21.6 Å². The number of nitriles is 1. The smallest absolute Gasteiger partial charge is 0.251 e. The SMILES string of the molecule is Cc1ccc(C(=O)N[C@@H]2CC[C@@H]3[C@@H](C2)OCCN3c2ccc(C#N)c(Cl)c2)cc1. The van der Waals surface area contributed by atoms with Crippen LogP contribution >= 0.6 is 11.6 Å². The summed E-state index contributed by atoms with van der Waals surface area (Å²) in [5, 5.41) is 12.8. The third-order valence-electron chi connectivity index (χ3n) is 5.88. The molecule has 2 fully saturated rings. The van der Waals surface area contributed by atoms with Gasteiger partial charge in [-0.1, -0.05) is 29.3 Å². The van der Waals surface area contributed by atoms with Gasteiger partial charge in [-0.2, -0.15) is 5.26 Å². The summed E-state index contributed by atoms with van der Waals surface area (Å²) in [6.07, 6.45) is 2.70. The fourth-order valence-electron chi connectivity index (χ4n) is 4.32. The standard InChI is InChI=1S/C23H24ClN3O2/c1-15-2-4-16(5-3-15)23(28)26-18-7-9-21-22(12-18)29-11-10-27(21)19-8-6-17(14-25)20(24)13-19/h2-6,8,13,18,21-22H,7,9-12H2,1H3,(H,26,28)/t18-,21-,22-/m1/s1. The van der Waals surface area contributed by atoms with Gasteiger partial charge in [-0.25, -0.2) is 0 Å². The van der Waals surface area contributed by atoms with E-state index >= 15 is 0 Å². The van der Waals surface area contributed by atoms with Gasteiger partial charge in [0.05, 0.1) is 29.3 Å². The molecule has 2 aromatic carbocycles. The Hall–Kier alpha value is -2.55. The Morgan fingerprint density at radius 1 is 1.24 bits per heavy atom. The van der Waals surface area contributed by atoms with Crippen LogP contribution in [0.5, 0.6) is 0 Å². The molecule has 4 rings (SSSR count). The number of benzene rings is 2. The van der Waals surface area contributed by atoms with E-state index in [0.717, 1.165) is 37.1 Å². The van der Waals surface area contributed by atoms with Crippen molar-refractivity contribution in [2.45, 2.75) is 44.4 Å². The number of halogens is 1. The molecule has 1 saturated carbocycles. The van der Waals surface area contributed by atoms with E-state index in [2.05, 4.69) is 16.3 Å². The quantitative estimate of drug-likeness (QED) is 0.829. The molecule has 2 aliphatic rings. The third kappa shape index (κ3) is 4.24. The number of aryl methyl sites for hydroxylation is 1. The molecule has 0 bridgehead atoms. The monoisotopic (exact) mass is 409 g/mol. The fraction of sp³-hybridized carbons (Fsp3) is 0.391. The van der Waals surface area contributed by atoms with Gasteiger partial charge in [-0.15, -0.1) is 0 Å². The van der Waals surface area contributed by atoms with Crippen LogP contribution in [-0.2, 0) is 4.74 Å². The molecule has 0 spiro atoms. The molecule has 150 valence electrons. The first-order valence-corrected chi connectivity index (χ1v) is 10.4. The van der Waals surface area contributed by atoms with Crippen molar-refractivity contribution in [1.82, 2.24) is 5.32 Å². The Kier molecular flexibility index (Phi) is 5.75. The highest BCUT2D eigenvalue weighted by molar-refractivity contribution is 6.32. The predicted octanol–water partition coefficient (Wildman–Crippen LogP) is 4.08. The first kappa shape index (κ1) is 19.8. The van der Waals surface area contributed by atoms with Crippen LogP contribution in [0.2, 0.25) is 5.02 Å². The number of nitrogens with zero attached hydrogens (tertiary/aromatic N) is 2. The van der Waals surface area contributed by atoms with Gasteiger partial charge in [-0.05, 0) is 56.5 Å². The zero-order valence-electron chi connectivity index (χ0n) is 16.4. The van der Waals surface area contributed by atoms with Gasteiger partial charge >= 0.3 is 0 Å². The highest BCUT2D eigenvalue weighted by Crippen LogP contribution is 2.34. The van der Waals surface area contributed by atoms with E-state index in [0.29, 0.717) is 22.8 Å². The number of nitrogens with one attached hydrogen (secondary N) is 1. The van der Waals surface area contributed by atoms with Crippen LogP contribution < -0.4 is 10.2 Å². The van der Waals surface area contributed by atoms with E-state index in [1.165, 1.54) is 0 Å². The van der Waals surface area contributed by atoms with Crippen molar-refractivity contribution in [2.75, 3.05) is 18.1 Å². The zero-order valence-corrected chi connectivity index (χ0v) is 17.2. The minimum absolute atomic E-state index is 0.0278. The van der Waals surface area contributed by atoms with Crippen LogP contribution in [0.1, 0.15) is 40.7 Å². The van der Waals surface area contributed by atoms with Gasteiger partial charge in [0, 0.05) is 23.8 Å². The minimum atomic E-state index is -0.0278. The van der Waals surface area contributed by atoms with Gasteiger partial charge < -0.3 is 15.0 Å². The van der Waals surface area contributed by atoms with Crippen LogP contribution in [0.15, 0.2) is 42.5 Å². The number of fused-ring (bicyclic) bond motifs is 1. The lowest BCUT2D eigenvalue weighted by Crippen LogP contribution is -2.57. The van der Waals surface area contributed by atoms with Gasteiger partial charge in [0.2, 0.25) is 0 Å². The fourth-order valence-corrected chi connectivity index (χ4v) is 4.53.